The van der Waals surface area contributed by atoms with Crippen molar-refractivity contribution >= 4 is 5.78 Å². The predicted octanol–water partition coefficient (Wildman–Crippen LogP) is 3.81. The average Bonchev–Trinajstić information content (AvgIpc) is 2.74. The Balaban J connectivity index is 0.00000132. The third-order valence-corrected chi connectivity index (χ3v) is 6.42. The van der Waals surface area contributed by atoms with Crippen molar-refractivity contribution in [3.8, 4) is 5.75 Å². The number of benzene rings is 1. The van der Waals surface area contributed by atoms with Crippen molar-refractivity contribution in [2.24, 2.45) is 17.3 Å². The molecule has 2 fully saturated rings. The Kier molecular flexibility index (Phi) is 3.81. The van der Waals surface area contributed by atoms with Crippen LogP contribution in [0, 0.1) is 17.3 Å². The molecule has 0 aliphatic heterocycles. The van der Waals surface area contributed by atoms with E-state index < -0.39 is 0 Å². The van der Waals surface area contributed by atoms with Gasteiger partial charge in [0.25, 0.3) is 0 Å². The second-order valence-corrected chi connectivity index (χ2v) is 7.22. The van der Waals surface area contributed by atoms with Gasteiger partial charge in [-0.25, -0.2) is 0 Å². The first-order chi connectivity index (χ1) is 9.59. The fourth-order valence-electron chi connectivity index (χ4n) is 5.34. The van der Waals surface area contributed by atoms with E-state index in [1.807, 2.05) is 12.1 Å². The molecular formula is C18H22O2Pt. The molecule has 3 heteroatoms. The summed E-state index contributed by atoms with van der Waals surface area (Å²) < 4.78 is 0. The van der Waals surface area contributed by atoms with Crippen LogP contribution in [0.4, 0.5) is 0 Å². The van der Waals surface area contributed by atoms with Crippen molar-refractivity contribution in [3.05, 3.63) is 29.3 Å². The molecular weight excluding hydrogens is 443 g/mol. The predicted molar refractivity (Wildman–Crippen MR) is 77.7 cm³/mol. The van der Waals surface area contributed by atoms with Crippen molar-refractivity contribution in [1.82, 2.24) is 0 Å². The van der Waals surface area contributed by atoms with Crippen LogP contribution in [-0.4, -0.2) is 10.9 Å². The maximum Gasteiger partial charge on any atom is 0.139 e. The summed E-state index contributed by atoms with van der Waals surface area (Å²) in [5, 5.41) is 9.67. The van der Waals surface area contributed by atoms with E-state index in [-0.39, 0.29) is 26.5 Å². The van der Waals surface area contributed by atoms with Gasteiger partial charge < -0.3 is 5.11 Å². The van der Waals surface area contributed by atoms with Crippen molar-refractivity contribution in [2.75, 3.05) is 0 Å². The van der Waals surface area contributed by atoms with Crippen LogP contribution in [0.1, 0.15) is 56.1 Å². The molecule has 0 spiro atoms. The zero-order valence-electron chi connectivity index (χ0n) is 12.4. The molecule has 4 rings (SSSR count). The molecule has 3 aliphatic carbocycles. The Hall–Kier alpha value is -0.622. The van der Waals surface area contributed by atoms with Gasteiger partial charge >= 0.3 is 0 Å². The number of carbonyl (C=O) groups is 1. The monoisotopic (exact) mass is 465 g/mol. The van der Waals surface area contributed by atoms with Gasteiger partial charge in [-0.15, -0.1) is 0 Å². The molecule has 2 nitrogen and oxygen atoms in total. The number of hydrogen-bond donors (Lipinski definition) is 1. The molecule has 1 aromatic rings. The minimum atomic E-state index is -0.0322. The second-order valence-electron chi connectivity index (χ2n) is 7.22. The topological polar surface area (TPSA) is 37.3 Å². The summed E-state index contributed by atoms with van der Waals surface area (Å²) in [6, 6.07) is 5.90. The number of fused-ring (bicyclic) bond motifs is 5. The molecule has 21 heavy (non-hydrogen) atoms. The van der Waals surface area contributed by atoms with Crippen LogP contribution >= 0.6 is 0 Å². The number of Topliss-reactive ketones (excluding diaryl/α,β-unsaturated/α-hetero) is 1. The van der Waals surface area contributed by atoms with E-state index in [2.05, 4.69) is 13.0 Å². The van der Waals surface area contributed by atoms with Crippen LogP contribution in [0.15, 0.2) is 18.2 Å². The molecule has 0 amide bonds. The van der Waals surface area contributed by atoms with Crippen molar-refractivity contribution < 1.29 is 31.0 Å². The van der Waals surface area contributed by atoms with Gasteiger partial charge in [0.2, 0.25) is 0 Å². The first kappa shape index (κ1) is 15.3. The zero-order valence-corrected chi connectivity index (χ0v) is 14.7. The van der Waals surface area contributed by atoms with Crippen LogP contribution in [0.25, 0.3) is 0 Å². The van der Waals surface area contributed by atoms with Crippen LogP contribution in [0.3, 0.4) is 0 Å². The number of carbonyl (C=O) groups excluding carboxylic acids is 1. The van der Waals surface area contributed by atoms with Gasteiger partial charge in [0.05, 0.1) is 0 Å². The zero-order chi connectivity index (χ0) is 13.9. The molecule has 0 heterocycles. The van der Waals surface area contributed by atoms with E-state index in [1.165, 1.54) is 17.5 Å². The molecule has 3 aliphatic rings. The number of ketones is 1. The summed E-state index contributed by atoms with van der Waals surface area (Å²) in [4.78, 5) is 12.3. The van der Waals surface area contributed by atoms with Gasteiger partial charge in [-0.05, 0) is 73.1 Å². The normalized spacial score (nSPS) is 37.2. The van der Waals surface area contributed by atoms with Gasteiger partial charge in [0, 0.05) is 32.9 Å². The quantitative estimate of drug-likeness (QED) is 0.633. The Morgan fingerprint density at radius 1 is 1.19 bits per heavy atom. The molecule has 1 aromatic carbocycles. The summed E-state index contributed by atoms with van der Waals surface area (Å²) in [6.45, 7) is 2.22. The SMILES string of the molecule is C[C@]12CC[C@H]3c4ccc(O)cc4CC[C@@H]3C1CCC2=O.[Pt]. The molecule has 0 bridgehead atoms. The van der Waals surface area contributed by atoms with Gasteiger partial charge in [0.1, 0.15) is 11.5 Å². The molecule has 4 atom stereocenters. The smallest absolute Gasteiger partial charge is 0.139 e. The number of hydrogen-bond acceptors (Lipinski definition) is 2. The van der Waals surface area contributed by atoms with E-state index in [9.17, 15) is 9.90 Å². The van der Waals surface area contributed by atoms with E-state index in [0.29, 0.717) is 29.3 Å². The largest absolute Gasteiger partial charge is 0.508 e. The third-order valence-electron chi connectivity index (χ3n) is 6.42. The van der Waals surface area contributed by atoms with Gasteiger partial charge in [-0.2, -0.15) is 0 Å². The summed E-state index contributed by atoms with van der Waals surface area (Å²) in [5.41, 5.74) is 2.75. The molecule has 1 N–H and O–H groups in total. The fourth-order valence-corrected chi connectivity index (χ4v) is 5.34. The number of aromatic hydroxyl groups is 1. The fraction of sp³-hybridized carbons (Fsp3) is 0.611. The minimum absolute atomic E-state index is 0. The second kappa shape index (κ2) is 5.23. The summed E-state index contributed by atoms with van der Waals surface area (Å²) in [5.74, 6) is 2.78. The van der Waals surface area contributed by atoms with Crippen LogP contribution < -0.4 is 0 Å². The molecule has 116 valence electrons. The summed E-state index contributed by atoms with van der Waals surface area (Å²) in [7, 11) is 0. The van der Waals surface area contributed by atoms with Crippen LogP contribution in [-0.2, 0) is 32.3 Å². The van der Waals surface area contributed by atoms with E-state index >= 15 is 0 Å². The summed E-state index contributed by atoms with van der Waals surface area (Å²) >= 11 is 0. The number of rotatable bonds is 0. The van der Waals surface area contributed by atoms with E-state index in [4.69, 9.17) is 0 Å². The molecule has 0 radical (unpaired) electrons. The number of phenolic OH excluding ortho intramolecular Hbond substituents is 1. The third kappa shape index (κ3) is 2.13. The molecule has 0 aromatic heterocycles. The Labute approximate surface area is 140 Å². The van der Waals surface area contributed by atoms with Gasteiger partial charge in [0.15, 0.2) is 0 Å². The standard InChI is InChI=1S/C18H22O2.Pt/c1-18-9-8-14-13-5-3-12(19)10-11(13)2-4-15(14)16(18)6-7-17(18)20;/h3,5,10,14-16,19H,2,4,6-9H2,1H3;/t14-,15-,16?,18-;/m0./s1. The van der Waals surface area contributed by atoms with E-state index in [0.717, 1.165) is 32.1 Å². The number of phenols is 1. The van der Waals surface area contributed by atoms with Gasteiger partial charge in [-0.3, -0.25) is 4.79 Å². The maximum absolute atomic E-state index is 12.3. The Morgan fingerprint density at radius 2 is 2.00 bits per heavy atom. The van der Waals surface area contributed by atoms with Crippen molar-refractivity contribution in [3.63, 3.8) is 0 Å². The maximum atomic E-state index is 12.3. The average molecular weight is 465 g/mol. The van der Waals surface area contributed by atoms with Crippen LogP contribution in [0.2, 0.25) is 0 Å². The Bertz CT molecular complexity index is 583. The first-order valence-corrected chi connectivity index (χ1v) is 7.95. The van der Waals surface area contributed by atoms with Crippen molar-refractivity contribution in [2.45, 2.75) is 51.4 Å². The Morgan fingerprint density at radius 3 is 2.81 bits per heavy atom. The van der Waals surface area contributed by atoms with Crippen molar-refractivity contribution in [1.29, 1.82) is 0 Å². The van der Waals surface area contributed by atoms with Gasteiger partial charge in [-0.1, -0.05) is 13.0 Å². The molecule has 1 unspecified atom stereocenters. The molecule has 2 saturated carbocycles. The number of aryl methyl sites for hydroxylation is 1. The summed E-state index contributed by atoms with van der Waals surface area (Å²) in [6.07, 6.45) is 6.34. The minimum Gasteiger partial charge on any atom is -0.508 e. The van der Waals surface area contributed by atoms with Crippen LogP contribution in [0.5, 0.6) is 5.75 Å². The van der Waals surface area contributed by atoms with E-state index in [1.54, 1.807) is 0 Å². The first-order valence-electron chi connectivity index (χ1n) is 7.95. The molecule has 0 saturated heterocycles.